The molecule has 29 heavy (non-hydrogen) atoms. The summed E-state index contributed by atoms with van der Waals surface area (Å²) in [5, 5.41) is 12.9. The van der Waals surface area contributed by atoms with Gasteiger partial charge in [-0.15, -0.1) is 0 Å². The van der Waals surface area contributed by atoms with Gasteiger partial charge in [0.05, 0.1) is 36.0 Å². The van der Waals surface area contributed by atoms with Gasteiger partial charge in [0.25, 0.3) is 5.56 Å². The van der Waals surface area contributed by atoms with Gasteiger partial charge in [-0.1, -0.05) is 53.6 Å². The lowest BCUT2D eigenvalue weighted by Gasteiger charge is -2.29. The molecule has 1 aliphatic rings. The quantitative estimate of drug-likeness (QED) is 0.519. The highest BCUT2D eigenvalue weighted by atomic mass is 35.5. The van der Waals surface area contributed by atoms with E-state index in [1.807, 2.05) is 37.3 Å². The van der Waals surface area contributed by atoms with Gasteiger partial charge in [-0.25, -0.2) is 4.98 Å². The van der Waals surface area contributed by atoms with Crippen LogP contribution < -0.4 is 5.56 Å². The number of ether oxygens (including phenoxy) is 1. The van der Waals surface area contributed by atoms with E-state index in [2.05, 4.69) is 11.1 Å². The number of benzene rings is 2. The number of fused-ring (bicyclic) bond motifs is 3. The van der Waals surface area contributed by atoms with Crippen LogP contribution >= 0.6 is 11.6 Å². The number of allylic oxidation sites excluding steroid dienone is 3. The van der Waals surface area contributed by atoms with Gasteiger partial charge in [0, 0.05) is 17.5 Å². The predicted octanol–water partition coefficient (Wildman–Crippen LogP) is 4.11. The fourth-order valence-electron chi connectivity index (χ4n) is 4.03. The van der Waals surface area contributed by atoms with E-state index in [0.29, 0.717) is 30.4 Å². The summed E-state index contributed by atoms with van der Waals surface area (Å²) in [6.45, 7) is 2.79. The summed E-state index contributed by atoms with van der Waals surface area (Å²) >= 11 is 5.64. The van der Waals surface area contributed by atoms with Crippen LogP contribution in [-0.2, 0) is 11.2 Å². The number of rotatable bonds is 4. The lowest BCUT2D eigenvalue weighted by molar-refractivity contribution is -0.0395. The molecule has 6 heteroatoms. The molecule has 0 aliphatic carbocycles. The maximum absolute atomic E-state index is 13.4. The number of halogens is 1. The van der Waals surface area contributed by atoms with Crippen molar-refractivity contribution in [3.63, 3.8) is 0 Å². The van der Waals surface area contributed by atoms with Crippen molar-refractivity contribution in [2.75, 3.05) is 13.2 Å². The molecule has 1 aromatic heterocycles. The van der Waals surface area contributed by atoms with E-state index in [0.717, 1.165) is 21.9 Å². The van der Waals surface area contributed by atoms with Gasteiger partial charge in [0.2, 0.25) is 0 Å². The number of aliphatic hydroxyl groups is 1. The Kier molecular flexibility index (Phi) is 5.81. The van der Waals surface area contributed by atoms with Crippen molar-refractivity contribution in [1.29, 1.82) is 0 Å². The molecule has 1 saturated heterocycles. The Bertz CT molecular complexity index is 1170. The summed E-state index contributed by atoms with van der Waals surface area (Å²) in [6, 6.07) is 9.63. The molecular weight excluding hydrogens is 388 g/mol. The van der Waals surface area contributed by atoms with Crippen molar-refractivity contribution in [3.8, 4) is 0 Å². The minimum atomic E-state index is -0.715. The molecule has 0 radical (unpaired) electrons. The summed E-state index contributed by atoms with van der Waals surface area (Å²) < 4.78 is 6.87. The second-order valence-electron chi connectivity index (χ2n) is 7.44. The van der Waals surface area contributed by atoms with Gasteiger partial charge in [0.1, 0.15) is 0 Å². The van der Waals surface area contributed by atoms with E-state index in [9.17, 15) is 9.90 Å². The lowest BCUT2D eigenvalue weighted by Crippen LogP contribution is -2.39. The maximum atomic E-state index is 13.4. The zero-order chi connectivity index (χ0) is 20.4. The topological polar surface area (TPSA) is 64.3 Å². The molecule has 1 aliphatic heterocycles. The Morgan fingerprint density at radius 2 is 2.14 bits per heavy atom. The molecule has 0 saturated carbocycles. The number of aromatic nitrogens is 2. The van der Waals surface area contributed by atoms with Gasteiger partial charge >= 0.3 is 0 Å². The fourth-order valence-corrected chi connectivity index (χ4v) is 4.10. The predicted molar refractivity (Wildman–Crippen MR) is 116 cm³/mol. The van der Waals surface area contributed by atoms with Crippen LogP contribution in [0.4, 0.5) is 0 Å². The first-order valence-corrected chi connectivity index (χ1v) is 10.1. The van der Waals surface area contributed by atoms with Crippen LogP contribution in [0.25, 0.3) is 21.7 Å². The Morgan fingerprint density at radius 1 is 1.34 bits per heavy atom. The van der Waals surface area contributed by atoms with E-state index in [1.165, 1.54) is 5.54 Å². The van der Waals surface area contributed by atoms with Gasteiger partial charge in [-0.3, -0.25) is 9.36 Å². The van der Waals surface area contributed by atoms with Crippen molar-refractivity contribution in [2.24, 2.45) is 0 Å². The van der Waals surface area contributed by atoms with Crippen molar-refractivity contribution in [3.05, 3.63) is 75.8 Å². The molecular formula is C23H23ClN2O3. The molecule has 1 fully saturated rings. The fraction of sp³-hybridized carbons (Fsp3) is 0.304. The van der Waals surface area contributed by atoms with Gasteiger partial charge in [0.15, 0.2) is 0 Å². The van der Waals surface area contributed by atoms with Crippen LogP contribution in [0.1, 0.15) is 24.9 Å². The number of hydrogen-bond acceptors (Lipinski definition) is 4. The number of aliphatic hydroxyl groups excluding tert-OH is 1. The third-order valence-electron chi connectivity index (χ3n) is 5.45. The largest absolute Gasteiger partial charge is 0.389 e. The molecule has 0 bridgehead atoms. The first-order valence-electron chi connectivity index (χ1n) is 9.70. The Morgan fingerprint density at radius 3 is 2.90 bits per heavy atom. The summed E-state index contributed by atoms with van der Waals surface area (Å²) in [7, 11) is 0. The van der Waals surface area contributed by atoms with E-state index < -0.39 is 6.10 Å². The van der Waals surface area contributed by atoms with Crippen LogP contribution in [0.5, 0.6) is 0 Å². The first kappa shape index (κ1) is 19.8. The van der Waals surface area contributed by atoms with E-state index in [4.69, 9.17) is 16.3 Å². The SMILES string of the molecule is C/C(=C\C=C\Cl)Cc1cc2c(=O)n([C@H]3CCOC[C@@H]3O)cnc2c2ccccc12. The molecule has 2 atom stereocenters. The summed E-state index contributed by atoms with van der Waals surface area (Å²) in [6.07, 6.45) is 5.89. The minimum Gasteiger partial charge on any atom is -0.389 e. The molecule has 3 aromatic rings. The van der Waals surface area contributed by atoms with Crippen LogP contribution in [0.3, 0.4) is 0 Å². The van der Waals surface area contributed by atoms with E-state index in [-0.39, 0.29) is 18.2 Å². The molecule has 5 nitrogen and oxygen atoms in total. The Hall–Kier alpha value is -2.47. The molecule has 150 valence electrons. The summed E-state index contributed by atoms with van der Waals surface area (Å²) in [5.41, 5.74) is 4.23. The Balaban J connectivity index is 1.91. The molecule has 0 unspecified atom stereocenters. The van der Waals surface area contributed by atoms with Crippen LogP contribution in [-0.4, -0.2) is 34.0 Å². The average Bonchev–Trinajstić information content (AvgIpc) is 2.74. The van der Waals surface area contributed by atoms with Crippen LogP contribution in [0, 0.1) is 0 Å². The average molecular weight is 411 g/mol. The van der Waals surface area contributed by atoms with Crippen molar-refractivity contribution in [1.82, 2.24) is 9.55 Å². The summed E-state index contributed by atoms with van der Waals surface area (Å²) in [5.74, 6) is 0. The summed E-state index contributed by atoms with van der Waals surface area (Å²) in [4.78, 5) is 18.0. The van der Waals surface area contributed by atoms with Crippen molar-refractivity contribution in [2.45, 2.75) is 31.9 Å². The van der Waals surface area contributed by atoms with Crippen molar-refractivity contribution >= 4 is 33.3 Å². The number of hydrogen-bond donors (Lipinski definition) is 1. The third-order valence-corrected chi connectivity index (χ3v) is 5.59. The van der Waals surface area contributed by atoms with Gasteiger partial charge in [-0.2, -0.15) is 0 Å². The second kappa shape index (κ2) is 8.49. The second-order valence-corrected chi connectivity index (χ2v) is 7.69. The molecule has 0 spiro atoms. The minimum absolute atomic E-state index is 0.129. The van der Waals surface area contributed by atoms with Crippen molar-refractivity contribution < 1.29 is 9.84 Å². The maximum Gasteiger partial charge on any atom is 0.261 e. The molecule has 4 rings (SSSR count). The molecule has 1 N–H and O–H groups in total. The van der Waals surface area contributed by atoms with Crippen LogP contribution in [0.15, 0.2) is 64.7 Å². The highest BCUT2D eigenvalue weighted by Crippen LogP contribution is 2.28. The molecule has 0 amide bonds. The first-order chi connectivity index (χ1) is 14.1. The van der Waals surface area contributed by atoms with E-state index in [1.54, 1.807) is 17.0 Å². The lowest BCUT2D eigenvalue weighted by atomic mass is 9.96. The zero-order valence-corrected chi connectivity index (χ0v) is 17.0. The normalized spacial score (nSPS) is 20.7. The molecule has 2 heterocycles. The van der Waals surface area contributed by atoms with Crippen LogP contribution in [0.2, 0.25) is 0 Å². The third kappa shape index (κ3) is 3.86. The number of nitrogens with zero attached hydrogens (tertiary/aromatic N) is 2. The smallest absolute Gasteiger partial charge is 0.261 e. The monoisotopic (exact) mass is 410 g/mol. The zero-order valence-electron chi connectivity index (χ0n) is 16.2. The Labute approximate surface area is 173 Å². The van der Waals surface area contributed by atoms with Gasteiger partial charge in [-0.05, 0) is 36.8 Å². The molecule has 2 aromatic carbocycles. The highest BCUT2D eigenvalue weighted by Gasteiger charge is 2.27. The van der Waals surface area contributed by atoms with E-state index >= 15 is 0 Å². The van der Waals surface area contributed by atoms with Gasteiger partial charge < -0.3 is 9.84 Å². The standard InChI is InChI=1S/C23H23ClN2O3/c1-15(5-4-9-24)11-16-12-19-22(18-7-3-2-6-17(16)18)25-14-26(23(19)28)20-8-10-29-13-21(20)27/h2-7,9,12,14,20-21,27H,8,10-11,13H2,1H3/b9-4+,15-5+/t20-,21-/m0/s1. The highest BCUT2D eigenvalue weighted by molar-refractivity contribution is 6.25.